The van der Waals surface area contributed by atoms with Crippen LogP contribution in [0.5, 0.6) is 0 Å². The highest BCUT2D eigenvalue weighted by atomic mass is 16.4. The van der Waals surface area contributed by atoms with Gasteiger partial charge in [-0.25, -0.2) is 4.79 Å². The van der Waals surface area contributed by atoms with Crippen molar-refractivity contribution in [2.75, 3.05) is 0 Å². The van der Waals surface area contributed by atoms with Gasteiger partial charge in [-0.15, -0.1) is 0 Å². The summed E-state index contributed by atoms with van der Waals surface area (Å²) in [7, 11) is 0. The van der Waals surface area contributed by atoms with E-state index in [1.165, 1.54) is 5.57 Å². The normalized spacial score (nSPS) is 46.2. The lowest BCUT2D eigenvalue weighted by Crippen LogP contribution is -2.49. The monoisotopic (exact) mass is 329 g/mol. The fraction of sp³-hybridized carbons (Fsp3) is 0.650. The molecule has 4 rings (SSSR count). The third-order valence-corrected chi connectivity index (χ3v) is 7.50. The first-order valence-corrected chi connectivity index (χ1v) is 9.12. The fourth-order valence-electron chi connectivity index (χ4n) is 6.05. The van der Waals surface area contributed by atoms with Gasteiger partial charge < -0.3 is 15.5 Å². The Bertz CT molecular complexity index is 664. The van der Waals surface area contributed by atoms with E-state index in [9.17, 15) is 9.90 Å². The molecule has 1 saturated carbocycles. The summed E-state index contributed by atoms with van der Waals surface area (Å²) in [6, 6.07) is -0.107. The van der Waals surface area contributed by atoms with E-state index < -0.39 is 6.09 Å². The number of nitrogens with one attached hydrogen (secondary N) is 1. The van der Waals surface area contributed by atoms with Crippen molar-refractivity contribution in [3.05, 3.63) is 35.6 Å². The minimum absolute atomic E-state index is 0.0331. The number of allylic oxidation sites excluding steroid dienone is 4. The molecule has 0 bridgehead atoms. The Hall–Kier alpha value is -1.71. The zero-order valence-electron chi connectivity index (χ0n) is 14.5. The Morgan fingerprint density at radius 1 is 1.25 bits per heavy atom. The van der Waals surface area contributed by atoms with Crippen molar-refractivity contribution in [1.82, 2.24) is 5.32 Å². The minimum Gasteiger partial charge on any atom is -0.512 e. The molecule has 4 nitrogen and oxygen atoms in total. The summed E-state index contributed by atoms with van der Waals surface area (Å²) in [5, 5.41) is 21.9. The number of rotatable bonds is 1. The van der Waals surface area contributed by atoms with E-state index in [1.807, 2.05) is 12.2 Å². The number of aliphatic hydroxyl groups is 1. The fourth-order valence-corrected chi connectivity index (χ4v) is 6.05. The van der Waals surface area contributed by atoms with Gasteiger partial charge in [0.2, 0.25) is 0 Å². The summed E-state index contributed by atoms with van der Waals surface area (Å²) in [6.07, 6.45) is 12.8. The maximum Gasteiger partial charge on any atom is 0.405 e. The van der Waals surface area contributed by atoms with Crippen LogP contribution in [0.2, 0.25) is 0 Å². The number of carbonyl (C=O) groups is 1. The quantitative estimate of drug-likeness (QED) is 0.624. The van der Waals surface area contributed by atoms with Crippen LogP contribution in [0.4, 0.5) is 4.79 Å². The molecule has 0 aromatic heterocycles. The van der Waals surface area contributed by atoms with Crippen molar-refractivity contribution in [3.8, 4) is 0 Å². The van der Waals surface area contributed by atoms with Gasteiger partial charge in [0.25, 0.3) is 0 Å². The number of aliphatic hydroxyl groups excluding tert-OH is 1. The van der Waals surface area contributed by atoms with Crippen LogP contribution in [0.25, 0.3) is 0 Å². The van der Waals surface area contributed by atoms with Crippen LogP contribution in [0.15, 0.2) is 35.6 Å². The van der Waals surface area contributed by atoms with Gasteiger partial charge in [-0.1, -0.05) is 37.6 Å². The Morgan fingerprint density at radius 3 is 2.79 bits per heavy atom. The van der Waals surface area contributed by atoms with E-state index in [4.69, 9.17) is 5.11 Å². The van der Waals surface area contributed by atoms with Crippen LogP contribution in [0, 0.1) is 28.6 Å². The molecule has 0 aromatic carbocycles. The zero-order chi connectivity index (χ0) is 17.1. The Kier molecular flexibility index (Phi) is 3.38. The van der Waals surface area contributed by atoms with E-state index in [-0.39, 0.29) is 16.9 Å². The second-order valence-corrected chi connectivity index (χ2v) is 8.53. The van der Waals surface area contributed by atoms with Crippen LogP contribution in [0.3, 0.4) is 0 Å². The maximum absolute atomic E-state index is 10.9. The smallest absolute Gasteiger partial charge is 0.405 e. The standard InChI is InChI=1S/C20H27NO3/c1-19-9-7-13(21-18(23)24)11-12(19)3-4-14-15-5-6-17(22)20(15,2)10-8-16(14)19/h3,6-7,9,13-16,21-22H,4-5,8,10-11H2,1-2H3,(H,23,24)/t13?,14-,15-,16+,19-,20-/m0/s1. The molecule has 4 aliphatic carbocycles. The first-order valence-electron chi connectivity index (χ1n) is 9.12. The molecular weight excluding hydrogens is 302 g/mol. The van der Waals surface area contributed by atoms with E-state index >= 15 is 0 Å². The van der Waals surface area contributed by atoms with Gasteiger partial charge in [-0.05, 0) is 55.9 Å². The lowest BCUT2D eigenvalue weighted by Gasteiger charge is -2.55. The number of carboxylic acid groups (broad SMARTS) is 1. The zero-order valence-corrected chi connectivity index (χ0v) is 14.5. The summed E-state index contributed by atoms with van der Waals surface area (Å²) >= 11 is 0. The lowest BCUT2D eigenvalue weighted by molar-refractivity contribution is -0.00869. The van der Waals surface area contributed by atoms with Gasteiger partial charge in [0.1, 0.15) is 0 Å². The topological polar surface area (TPSA) is 69.6 Å². The van der Waals surface area contributed by atoms with E-state index in [2.05, 4.69) is 31.3 Å². The van der Waals surface area contributed by atoms with Crippen LogP contribution < -0.4 is 5.32 Å². The highest BCUT2D eigenvalue weighted by Crippen LogP contribution is 2.63. The molecule has 0 heterocycles. The Labute approximate surface area is 143 Å². The second kappa shape index (κ2) is 5.14. The number of fused-ring (bicyclic) bond motifs is 5. The van der Waals surface area contributed by atoms with Crippen LogP contribution >= 0.6 is 0 Å². The molecule has 0 saturated heterocycles. The van der Waals surface area contributed by atoms with Crippen LogP contribution in [-0.2, 0) is 0 Å². The molecule has 1 amide bonds. The maximum atomic E-state index is 10.9. The number of hydrogen-bond acceptors (Lipinski definition) is 2. The summed E-state index contributed by atoms with van der Waals surface area (Å²) < 4.78 is 0. The molecule has 4 aliphatic rings. The second-order valence-electron chi connectivity index (χ2n) is 8.53. The van der Waals surface area contributed by atoms with Gasteiger partial charge >= 0.3 is 6.09 Å². The summed E-state index contributed by atoms with van der Waals surface area (Å²) in [6.45, 7) is 4.56. The van der Waals surface area contributed by atoms with Crippen molar-refractivity contribution in [2.24, 2.45) is 28.6 Å². The minimum atomic E-state index is -0.955. The summed E-state index contributed by atoms with van der Waals surface area (Å²) in [5.74, 6) is 2.34. The van der Waals surface area contributed by atoms with E-state index in [1.54, 1.807) is 0 Å². The first-order chi connectivity index (χ1) is 11.3. The average molecular weight is 329 g/mol. The Balaban J connectivity index is 1.63. The molecule has 0 radical (unpaired) electrons. The predicted molar refractivity (Wildman–Crippen MR) is 92.7 cm³/mol. The Morgan fingerprint density at radius 2 is 2.04 bits per heavy atom. The van der Waals surface area contributed by atoms with Gasteiger partial charge in [-0.2, -0.15) is 0 Å². The molecular formula is C20H27NO3. The first kappa shape index (κ1) is 15.8. The van der Waals surface area contributed by atoms with Gasteiger partial charge in [0.05, 0.1) is 11.8 Å². The van der Waals surface area contributed by atoms with Gasteiger partial charge in [0, 0.05) is 10.8 Å². The van der Waals surface area contributed by atoms with Crippen molar-refractivity contribution in [3.63, 3.8) is 0 Å². The molecule has 6 atom stereocenters. The van der Waals surface area contributed by atoms with Crippen molar-refractivity contribution in [2.45, 2.75) is 52.0 Å². The van der Waals surface area contributed by atoms with E-state index in [0.717, 1.165) is 32.1 Å². The third-order valence-electron chi connectivity index (χ3n) is 7.50. The molecule has 3 N–H and O–H groups in total. The van der Waals surface area contributed by atoms with Crippen LogP contribution in [0.1, 0.15) is 46.0 Å². The molecule has 0 aromatic rings. The summed E-state index contributed by atoms with van der Waals surface area (Å²) in [4.78, 5) is 10.9. The third kappa shape index (κ3) is 2.08. The largest absolute Gasteiger partial charge is 0.512 e. The number of amides is 1. The molecule has 0 spiro atoms. The lowest BCUT2D eigenvalue weighted by atomic mass is 9.49. The van der Waals surface area contributed by atoms with Crippen molar-refractivity contribution < 1.29 is 15.0 Å². The average Bonchev–Trinajstić information content (AvgIpc) is 2.83. The van der Waals surface area contributed by atoms with Crippen LogP contribution in [-0.4, -0.2) is 22.3 Å². The van der Waals surface area contributed by atoms with Crippen molar-refractivity contribution >= 4 is 6.09 Å². The SMILES string of the molecule is C[C@]12C=CC(NC(=O)O)CC1=CC[C@@H]1[C@H]2CC[C@]2(C)C(O)=CC[C@@H]12. The van der Waals surface area contributed by atoms with Gasteiger partial charge in [0.15, 0.2) is 0 Å². The molecule has 1 fully saturated rings. The summed E-state index contributed by atoms with van der Waals surface area (Å²) in [5.41, 5.74) is 1.40. The van der Waals surface area contributed by atoms with Crippen molar-refractivity contribution in [1.29, 1.82) is 0 Å². The molecule has 4 heteroatoms. The molecule has 24 heavy (non-hydrogen) atoms. The molecule has 130 valence electrons. The predicted octanol–water partition coefficient (Wildman–Crippen LogP) is 4.41. The molecule has 0 aliphatic heterocycles. The number of hydrogen-bond donors (Lipinski definition) is 3. The van der Waals surface area contributed by atoms with E-state index in [0.29, 0.717) is 23.5 Å². The highest BCUT2D eigenvalue weighted by molar-refractivity contribution is 5.65. The molecule has 1 unspecified atom stereocenters. The highest BCUT2D eigenvalue weighted by Gasteiger charge is 2.56. The van der Waals surface area contributed by atoms with Gasteiger partial charge in [-0.3, -0.25) is 0 Å².